The van der Waals surface area contributed by atoms with Gasteiger partial charge in [-0.25, -0.2) is 9.67 Å². The highest BCUT2D eigenvalue weighted by molar-refractivity contribution is 5.95. The highest BCUT2D eigenvalue weighted by Gasteiger charge is 2.39. The SMILES string of the molecule is CCc1c(C(=O)N2C[C@H]3CNC[C@H]3C2)cnn1-c1ccccn1. The molecule has 6 nitrogen and oxygen atoms in total. The van der Waals surface area contributed by atoms with Gasteiger partial charge in [0, 0.05) is 32.4 Å². The smallest absolute Gasteiger partial charge is 0.257 e. The summed E-state index contributed by atoms with van der Waals surface area (Å²) in [5.41, 5.74) is 1.65. The molecule has 2 aliphatic heterocycles. The highest BCUT2D eigenvalue weighted by atomic mass is 16.2. The van der Waals surface area contributed by atoms with Gasteiger partial charge in [0.1, 0.15) is 0 Å². The number of carbonyl (C=O) groups is 1. The van der Waals surface area contributed by atoms with E-state index in [1.807, 2.05) is 23.1 Å². The van der Waals surface area contributed by atoms with E-state index >= 15 is 0 Å². The largest absolute Gasteiger partial charge is 0.338 e. The predicted octanol–water partition coefficient (Wildman–Crippen LogP) is 1.12. The first-order valence-electron chi connectivity index (χ1n) is 8.26. The van der Waals surface area contributed by atoms with Crippen molar-refractivity contribution in [3.63, 3.8) is 0 Å². The predicted molar refractivity (Wildman–Crippen MR) is 86.5 cm³/mol. The van der Waals surface area contributed by atoms with E-state index in [1.165, 1.54) is 0 Å². The molecule has 0 spiro atoms. The van der Waals surface area contributed by atoms with E-state index in [0.29, 0.717) is 17.4 Å². The molecule has 0 radical (unpaired) electrons. The van der Waals surface area contributed by atoms with E-state index in [1.54, 1.807) is 17.1 Å². The van der Waals surface area contributed by atoms with Crippen molar-refractivity contribution >= 4 is 5.91 Å². The van der Waals surface area contributed by atoms with Gasteiger partial charge < -0.3 is 10.2 Å². The molecule has 2 atom stereocenters. The molecule has 0 aromatic carbocycles. The Morgan fingerprint density at radius 2 is 2.09 bits per heavy atom. The van der Waals surface area contributed by atoms with Gasteiger partial charge in [-0.05, 0) is 30.4 Å². The molecule has 2 aliphatic rings. The number of carbonyl (C=O) groups excluding carboxylic acids is 1. The molecular formula is C17H21N5O. The van der Waals surface area contributed by atoms with E-state index in [9.17, 15) is 4.79 Å². The Balaban J connectivity index is 1.62. The Morgan fingerprint density at radius 1 is 1.30 bits per heavy atom. The Kier molecular flexibility index (Phi) is 3.61. The summed E-state index contributed by atoms with van der Waals surface area (Å²) in [4.78, 5) is 19.3. The molecule has 2 saturated heterocycles. The van der Waals surface area contributed by atoms with Crippen LogP contribution < -0.4 is 5.32 Å². The molecule has 0 unspecified atom stereocenters. The Bertz CT molecular complexity index is 699. The minimum atomic E-state index is 0.110. The standard InChI is InChI=1S/C17H21N5O/c1-2-15-14(9-20-22(15)16-5-3-4-6-19-16)17(23)21-10-12-7-18-8-13(12)11-21/h3-6,9,12-13,18H,2,7-8,10-11H2,1H3/t12-,13+. The second kappa shape index (κ2) is 5.77. The molecular weight excluding hydrogens is 290 g/mol. The van der Waals surface area contributed by atoms with Crippen molar-refractivity contribution in [3.8, 4) is 5.82 Å². The average Bonchev–Trinajstić information content (AvgIpc) is 3.28. The number of hydrogen-bond acceptors (Lipinski definition) is 4. The zero-order valence-corrected chi connectivity index (χ0v) is 13.3. The topological polar surface area (TPSA) is 63.1 Å². The lowest BCUT2D eigenvalue weighted by Gasteiger charge is -2.17. The molecule has 23 heavy (non-hydrogen) atoms. The lowest BCUT2D eigenvalue weighted by molar-refractivity contribution is 0.0780. The molecule has 120 valence electrons. The van der Waals surface area contributed by atoms with E-state index in [4.69, 9.17) is 0 Å². The summed E-state index contributed by atoms with van der Waals surface area (Å²) >= 11 is 0. The first-order valence-corrected chi connectivity index (χ1v) is 8.26. The quantitative estimate of drug-likeness (QED) is 0.923. The second-order valence-electron chi connectivity index (χ2n) is 6.35. The van der Waals surface area contributed by atoms with Gasteiger partial charge in [-0.1, -0.05) is 13.0 Å². The maximum absolute atomic E-state index is 12.9. The number of amides is 1. The zero-order chi connectivity index (χ0) is 15.8. The van der Waals surface area contributed by atoms with Crippen LogP contribution in [0.3, 0.4) is 0 Å². The van der Waals surface area contributed by atoms with Crippen molar-refractivity contribution < 1.29 is 4.79 Å². The molecule has 4 rings (SSSR count). The van der Waals surface area contributed by atoms with Crippen LogP contribution in [0.1, 0.15) is 23.0 Å². The molecule has 4 heterocycles. The first-order chi connectivity index (χ1) is 11.3. The average molecular weight is 311 g/mol. The van der Waals surface area contributed by atoms with Crippen LogP contribution in [0.25, 0.3) is 5.82 Å². The molecule has 2 aromatic heterocycles. The van der Waals surface area contributed by atoms with Crippen LogP contribution in [-0.2, 0) is 6.42 Å². The first kappa shape index (κ1) is 14.4. The summed E-state index contributed by atoms with van der Waals surface area (Å²) in [6.45, 7) is 5.82. The summed E-state index contributed by atoms with van der Waals surface area (Å²) in [5.74, 6) is 2.08. The minimum Gasteiger partial charge on any atom is -0.338 e. The van der Waals surface area contributed by atoms with Gasteiger partial charge in [0.15, 0.2) is 5.82 Å². The van der Waals surface area contributed by atoms with Gasteiger partial charge in [0.25, 0.3) is 5.91 Å². The minimum absolute atomic E-state index is 0.110. The lowest BCUT2D eigenvalue weighted by atomic mass is 10.0. The molecule has 1 amide bonds. The van der Waals surface area contributed by atoms with E-state index < -0.39 is 0 Å². The van der Waals surface area contributed by atoms with Gasteiger partial charge in [0.05, 0.1) is 17.5 Å². The third kappa shape index (κ3) is 2.43. The van der Waals surface area contributed by atoms with Gasteiger partial charge in [-0.15, -0.1) is 0 Å². The molecule has 0 saturated carbocycles. The maximum atomic E-state index is 12.9. The highest BCUT2D eigenvalue weighted by Crippen LogP contribution is 2.28. The molecule has 2 aromatic rings. The zero-order valence-electron chi connectivity index (χ0n) is 13.3. The Hall–Kier alpha value is -2.21. The summed E-state index contributed by atoms with van der Waals surface area (Å²) in [5, 5.41) is 7.83. The number of nitrogens with zero attached hydrogens (tertiary/aromatic N) is 4. The van der Waals surface area contributed by atoms with Crippen molar-refractivity contribution in [2.75, 3.05) is 26.2 Å². The van der Waals surface area contributed by atoms with Crippen molar-refractivity contribution in [3.05, 3.63) is 41.9 Å². The van der Waals surface area contributed by atoms with Crippen LogP contribution in [0.15, 0.2) is 30.6 Å². The summed E-state index contributed by atoms with van der Waals surface area (Å²) < 4.78 is 1.78. The van der Waals surface area contributed by atoms with Gasteiger partial charge in [0.2, 0.25) is 0 Å². The Labute approximate surface area is 135 Å². The fourth-order valence-corrected chi connectivity index (χ4v) is 3.76. The molecule has 6 heteroatoms. The van der Waals surface area contributed by atoms with Crippen molar-refractivity contribution in [1.29, 1.82) is 0 Å². The molecule has 0 bridgehead atoms. The number of hydrogen-bond donors (Lipinski definition) is 1. The van der Waals surface area contributed by atoms with Gasteiger partial charge in [-0.3, -0.25) is 4.79 Å². The van der Waals surface area contributed by atoms with Crippen molar-refractivity contribution in [2.24, 2.45) is 11.8 Å². The number of fused-ring (bicyclic) bond motifs is 1. The number of pyridine rings is 1. The fraction of sp³-hybridized carbons (Fsp3) is 0.471. The van der Waals surface area contributed by atoms with Crippen LogP contribution in [0.2, 0.25) is 0 Å². The monoisotopic (exact) mass is 311 g/mol. The molecule has 2 fully saturated rings. The van der Waals surface area contributed by atoms with E-state index in [2.05, 4.69) is 22.3 Å². The van der Waals surface area contributed by atoms with Crippen LogP contribution >= 0.6 is 0 Å². The number of likely N-dealkylation sites (tertiary alicyclic amines) is 1. The van der Waals surface area contributed by atoms with Crippen LogP contribution in [-0.4, -0.2) is 51.8 Å². The van der Waals surface area contributed by atoms with Gasteiger partial charge >= 0.3 is 0 Å². The van der Waals surface area contributed by atoms with E-state index in [-0.39, 0.29) is 5.91 Å². The van der Waals surface area contributed by atoms with Crippen LogP contribution in [0.4, 0.5) is 0 Å². The number of aromatic nitrogens is 3. The molecule has 0 aliphatic carbocycles. The summed E-state index contributed by atoms with van der Waals surface area (Å²) in [6, 6.07) is 5.72. The van der Waals surface area contributed by atoms with Gasteiger partial charge in [-0.2, -0.15) is 5.10 Å². The maximum Gasteiger partial charge on any atom is 0.257 e. The van der Waals surface area contributed by atoms with Crippen molar-refractivity contribution in [1.82, 2.24) is 25.0 Å². The van der Waals surface area contributed by atoms with Crippen molar-refractivity contribution in [2.45, 2.75) is 13.3 Å². The van der Waals surface area contributed by atoms with Crippen LogP contribution in [0.5, 0.6) is 0 Å². The fourth-order valence-electron chi connectivity index (χ4n) is 3.76. The third-order valence-electron chi connectivity index (χ3n) is 4.98. The summed E-state index contributed by atoms with van der Waals surface area (Å²) in [7, 11) is 0. The number of rotatable bonds is 3. The molecule has 1 N–H and O–H groups in total. The van der Waals surface area contributed by atoms with E-state index in [0.717, 1.165) is 44.1 Å². The normalized spacial score (nSPS) is 23.3. The Morgan fingerprint density at radius 3 is 2.74 bits per heavy atom. The third-order valence-corrected chi connectivity index (χ3v) is 4.98. The lowest BCUT2D eigenvalue weighted by Crippen LogP contribution is -2.32. The second-order valence-corrected chi connectivity index (χ2v) is 6.35. The summed E-state index contributed by atoms with van der Waals surface area (Å²) in [6.07, 6.45) is 4.19. The van der Waals surface area contributed by atoms with Crippen LogP contribution in [0, 0.1) is 11.8 Å². The number of nitrogens with one attached hydrogen (secondary N) is 1.